The van der Waals surface area contributed by atoms with Crippen LogP contribution in [-0.2, 0) is 0 Å². The lowest BCUT2D eigenvalue weighted by Gasteiger charge is -2.41. The van der Waals surface area contributed by atoms with Crippen molar-refractivity contribution in [1.82, 2.24) is 4.98 Å². The van der Waals surface area contributed by atoms with E-state index in [0.29, 0.717) is 23.5 Å². The van der Waals surface area contributed by atoms with E-state index in [1.165, 1.54) is 12.1 Å². The number of nitrogens with two attached hydrogens (primary N) is 1. The maximum atomic E-state index is 11.1. The molecular formula is C13H20N4O2. The summed E-state index contributed by atoms with van der Waals surface area (Å²) in [7, 11) is 0. The van der Waals surface area contributed by atoms with E-state index in [2.05, 4.69) is 25.8 Å². The molecule has 1 aliphatic heterocycles. The molecule has 0 aromatic carbocycles. The normalized spacial score (nSPS) is 27.3. The van der Waals surface area contributed by atoms with Crippen molar-refractivity contribution in [2.24, 2.45) is 11.8 Å². The molecule has 104 valence electrons. The first-order valence-corrected chi connectivity index (χ1v) is 6.57. The monoisotopic (exact) mass is 264 g/mol. The maximum Gasteiger partial charge on any atom is 0.311 e. The zero-order valence-electron chi connectivity index (χ0n) is 11.5. The number of hydrogen-bond acceptors (Lipinski definition) is 5. The Balaban J connectivity index is 2.44. The number of nitrogens with zero attached hydrogens (tertiary/aromatic N) is 3. The highest BCUT2D eigenvalue weighted by Gasteiger charge is 2.33. The summed E-state index contributed by atoms with van der Waals surface area (Å²) in [6, 6.07) is 3.14. The molecule has 1 aromatic rings. The Morgan fingerprint density at radius 1 is 1.42 bits per heavy atom. The number of piperidine rings is 1. The predicted molar refractivity (Wildman–Crippen MR) is 75.1 cm³/mol. The van der Waals surface area contributed by atoms with Crippen molar-refractivity contribution in [3.8, 4) is 0 Å². The molecule has 2 rings (SSSR count). The van der Waals surface area contributed by atoms with Gasteiger partial charge in [-0.15, -0.1) is 0 Å². The highest BCUT2D eigenvalue weighted by Crippen LogP contribution is 2.35. The second-order valence-corrected chi connectivity index (χ2v) is 5.55. The lowest BCUT2D eigenvalue weighted by atomic mass is 9.86. The van der Waals surface area contributed by atoms with Gasteiger partial charge in [0.1, 0.15) is 5.82 Å². The minimum absolute atomic E-state index is 0.0300. The minimum Gasteiger partial charge on any atom is -0.384 e. The van der Waals surface area contributed by atoms with Gasteiger partial charge in [-0.1, -0.05) is 13.8 Å². The number of pyridine rings is 1. The molecule has 0 saturated carbocycles. The summed E-state index contributed by atoms with van der Waals surface area (Å²) in [4.78, 5) is 17.0. The highest BCUT2D eigenvalue weighted by atomic mass is 16.6. The first-order valence-electron chi connectivity index (χ1n) is 6.57. The molecule has 6 heteroatoms. The molecule has 6 nitrogen and oxygen atoms in total. The molecule has 3 unspecified atom stereocenters. The molecule has 0 radical (unpaired) electrons. The van der Waals surface area contributed by atoms with Crippen LogP contribution in [-0.4, -0.2) is 22.5 Å². The fourth-order valence-corrected chi connectivity index (χ4v) is 2.80. The van der Waals surface area contributed by atoms with Crippen molar-refractivity contribution < 1.29 is 4.92 Å². The predicted octanol–water partition coefficient (Wildman–Crippen LogP) is 2.44. The van der Waals surface area contributed by atoms with Crippen LogP contribution >= 0.6 is 0 Å². The van der Waals surface area contributed by atoms with Gasteiger partial charge >= 0.3 is 5.69 Å². The molecular weight excluding hydrogens is 244 g/mol. The third-order valence-electron chi connectivity index (χ3n) is 3.94. The Bertz CT molecular complexity index is 492. The van der Waals surface area contributed by atoms with Crippen molar-refractivity contribution in [3.63, 3.8) is 0 Å². The van der Waals surface area contributed by atoms with Crippen molar-refractivity contribution in [2.45, 2.75) is 33.2 Å². The van der Waals surface area contributed by atoms with Crippen LogP contribution in [0.5, 0.6) is 0 Å². The zero-order valence-corrected chi connectivity index (χ0v) is 11.5. The van der Waals surface area contributed by atoms with Crippen LogP contribution < -0.4 is 10.6 Å². The van der Waals surface area contributed by atoms with E-state index in [1.807, 2.05) is 4.90 Å². The Morgan fingerprint density at radius 3 is 2.74 bits per heavy atom. The summed E-state index contributed by atoms with van der Waals surface area (Å²) in [6.07, 6.45) is 1.13. The maximum absolute atomic E-state index is 11.1. The Morgan fingerprint density at radius 2 is 2.11 bits per heavy atom. The Kier molecular flexibility index (Phi) is 3.59. The van der Waals surface area contributed by atoms with Crippen LogP contribution in [0.15, 0.2) is 12.1 Å². The van der Waals surface area contributed by atoms with Crippen LogP contribution in [0.1, 0.15) is 27.2 Å². The van der Waals surface area contributed by atoms with Gasteiger partial charge in [-0.3, -0.25) is 10.1 Å². The average molecular weight is 264 g/mol. The summed E-state index contributed by atoms with van der Waals surface area (Å²) in [6.45, 7) is 7.20. The van der Waals surface area contributed by atoms with E-state index in [0.717, 1.165) is 13.0 Å². The number of hydrogen-bond donors (Lipinski definition) is 1. The van der Waals surface area contributed by atoms with Gasteiger partial charge in [0.05, 0.1) is 4.92 Å². The van der Waals surface area contributed by atoms with Crippen LogP contribution in [0.3, 0.4) is 0 Å². The fraction of sp³-hybridized carbons (Fsp3) is 0.615. The first kappa shape index (κ1) is 13.6. The molecule has 0 bridgehead atoms. The number of anilines is 2. The number of nitro groups is 1. The molecule has 2 N–H and O–H groups in total. The van der Waals surface area contributed by atoms with Gasteiger partial charge in [0.15, 0.2) is 0 Å². The van der Waals surface area contributed by atoms with Crippen molar-refractivity contribution in [1.29, 1.82) is 0 Å². The summed E-state index contributed by atoms with van der Waals surface area (Å²) in [5, 5.41) is 11.1. The van der Waals surface area contributed by atoms with E-state index in [9.17, 15) is 10.1 Å². The van der Waals surface area contributed by atoms with E-state index in [4.69, 9.17) is 5.73 Å². The molecule has 2 heterocycles. The summed E-state index contributed by atoms with van der Waals surface area (Å²) >= 11 is 0. The third kappa shape index (κ3) is 2.62. The molecule has 0 amide bonds. The standard InChI is InChI=1S/C13H20N4O2/c1-8-6-9(2)10(3)16(7-8)13-11(17(18)19)4-5-12(14)15-13/h4-5,8-10H,6-7H2,1-3H3,(H2,14,15). The molecule has 1 aromatic heterocycles. The lowest BCUT2D eigenvalue weighted by molar-refractivity contribution is -0.384. The van der Waals surface area contributed by atoms with Gasteiger partial charge in [-0.25, -0.2) is 4.98 Å². The van der Waals surface area contributed by atoms with Crippen molar-refractivity contribution in [2.75, 3.05) is 17.2 Å². The SMILES string of the molecule is CC1CC(C)C(C)N(c2nc(N)ccc2[N+](=O)[O-])C1. The van der Waals surface area contributed by atoms with Crippen LogP contribution in [0.2, 0.25) is 0 Å². The molecule has 1 saturated heterocycles. The quantitative estimate of drug-likeness (QED) is 0.655. The van der Waals surface area contributed by atoms with Crippen molar-refractivity contribution >= 4 is 17.3 Å². The topological polar surface area (TPSA) is 85.3 Å². The van der Waals surface area contributed by atoms with Gasteiger partial charge in [-0.2, -0.15) is 0 Å². The molecule has 1 fully saturated rings. The molecule has 3 atom stereocenters. The Labute approximate surface area is 112 Å². The van der Waals surface area contributed by atoms with Gasteiger partial charge in [0.2, 0.25) is 5.82 Å². The number of rotatable bonds is 2. The van der Waals surface area contributed by atoms with Gasteiger partial charge in [0.25, 0.3) is 0 Å². The van der Waals surface area contributed by atoms with Gasteiger partial charge < -0.3 is 10.6 Å². The number of aromatic nitrogens is 1. The van der Waals surface area contributed by atoms with Gasteiger partial charge in [-0.05, 0) is 31.2 Å². The summed E-state index contributed by atoms with van der Waals surface area (Å²) in [5.41, 5.74) is 5.72. The Hall–Kier alpha value is -1.85. The van der Waals surface area contributed by atoms with E-state index in [-0.39, 0.29) is 11.7 Å². The van der Waals surface area contributed by atoms with Crippen LogP contribution in [0, 0.1) is 22.0 Å². The fourth-order valence-electron chi connectivity index (χ4n) is 2.80. The highest BCUT2D eigenvalue weighted by molar-refractivity contribution is 5.61. The third-order valence-corrected chi connectivity index (χ3v) is 3.94. The summed E-state index contributed by atoms with van der Waals surface area (Å²) in [5.74, 6) is 1.69. The van der Waals surface area contributed by atoms with E-state index < -0.39 is 4.92 Å². The molecule has 0 aliphatic carbocycles. The molecule has 19 heavy (non-hydrogen) atoms. The zero-order chi connectivity index (χ0) is 14.2. The van der Waals surface area contributed by atoms with E-state index >= 15 is 0 Å². The van der Waals surface area contributed by atoms with Crippen LogP contribution in [0.25, 0.3) is 0 Å². The van der Waals surface area contributed by atoms with Crippen LogP contribution in [0.4, 0.5) is 17.3 Å². The molecule has 0 spiro atoms. The smallest absolute Gasteiger partial charge is 0.311 e. The van der Waals surface area contributed by atoms with E-state index in [1.54, 1.807) is 0 Å². The average Bonchev–Trinajstić information content (AvgIpc) is 2.33. The second kappa shape index (κ2) is 5.03. The first-order chi connectivity index (χ1) is 8.90. The number of nitrogen functional groups attached to an aromatic ring is 1. The lowest BCUT2D eigenvalue weighted by Crippen LogP contribution is -2.46. The second-order valence-electron chi connectivity index (χ2n) is 5.55. The minimum atomic E-state index is -0.390. The summed E-state index contributed by atoms with van der Waals surface area (Å²) < 4.78 is 0. The largest absolute Gasteiger partial charge is 0.384 e. The van der Waals surface area contributed by atoms with Gasteiger partial charge in [0, 0.05) is 18.7 Å². The molecule has 1 aliphatic rings. The van der Waals surface area contributed by atoms with Crippen molar-refractivity contribution in [3.05, 3.63) is 22.2 Å².